The van der Waals surface area contributed by atoms with Gasteiger partial charge in [-0.2, -0.15) is 0 Å². The van der Waals surface area contributed by atoms with E-state index in [2.05, 4.69) is 15.0 Å². The van der Waals surface area contributed by atoms with Gasteiger partial charge in [0, 0.05) is 40.3 Å². The van der Waals surface area contributed by atoms with E-state index in [9.17, 15) is 16.8 Å². The molecule has 0 aliphatic carbocycles. The summed E-state index contributed by atoms with van der Waals surface area (Å²) in [5, 5.41) is 3.20. The lowest BCUT2D eigenvalue weighted by molar-refractivity contribution is 0.204. The number of sulfone groups is 1. The minimum absolute atomic E-state index is 0. The smallest absolute Gasteiger partial charge is 0.240 e. The Balaban J connectivity index is 0.00000450. The van der Waals surface area contributed by atoms with Crippen LogP contribution in [0.2, 0.25) is 0 Å². The summed E-state index contributed by atoms with van der Waals surface area (Å²) in [4.78, 5) is 6.34. The van der Waals surface area contributed by atoms with Crippen LogP contribution in [0.5, 0.6) is 0 Å². The highest BCUT2D eigenvalue weighted by Crippen LogP contribution is 2.23. The topological polar surface area (TPSA) is 117 Å². The number of hydrogen-bond donors (Lipinski definition) is 2. The fourth-order valence-corrected chi connectivity index (χ4v) is 5.47. The van der Waals surface area contributed by atoms with E-state index in [-0.39, 0.29) is 41.2 Å². The van der Waals surface area contributed by atoms with Crippen LogP contribution in [0, 0.1) is 0 Å². The van der Waals surface area contributed by atoms with Crippen LogP contribution in [0.4, 0.5) is 0 Å². The number of sulfonamides is 1. The molecule has 2 N–H and O–H groups in total. The van der Waals surface area contributed by atoms with Crippen molar-refractivity contribution >= 4 is 49.8 Å². The van der Waals surface area contributed by atoms with Crippen molar-refractivity contribution in [1.82, 2.24) is 14.9 Å². The van der Waals surface area contributed by atoms with E-state index in [0.29, 0.717) is 32.2 Å². The minimum Gasteiger partial charge on any atom is -0.383 e. The van der Waals surface area contributed by atoms with Crippen molar-refractivity contribution in [2.75, 3.05) is 46.2 Å². The molecule has 0 radical (unpaired) electrons. The van der Waals surface area contributed by atoms with Gasteiger partial charge < -0.3 is 15.0 Å². The fraction of sp³-hybridized carbons (Fsp3) is 0.611. The highest BCUT2D eigenvalue weighted by atomic mass is 127. The highest BCUT2D eigenvalue weighted by molar-refractivity contribution is 14.0. The predicted molar refractivity (Wildman–Crippen MR) is 129 cm³/mol. The molecule has 1 aromatic rings. The molecule has 0 atom stereocenters. The summed E-state index contributed by atoms with van der Waals surface area (Å²) < 4.78 is 55.6. The monoisotopic (exact) mass is 574 g/mol. The molecular formula is C18H31IN4O5S2. The molecule has 0 amide bonds. The van der Waals surface area contributed by atoms with Gasteiger partial charge in [0.05, 0.1) is 22.0 Å². The van der Waals surface area contributed by atoms with Crippen molar-refractivity contribution < 1.29 is 21.6 Å². The third-order valence-corrected chi connectivity index (χ3v) is 8.80. The predicted octanol–water partition coefficient (Wildman–Crippen LogP) is 0.814. The molecule has 0 bridgehead atoms. The number of guanidine groups is 1. The van der Waals surface area contributed by atoms with Crippen LogP contribution in [0.15, 0.2) is 34.2 Å². The molecule has 0 aromatic heterocycles. The summed E-state index contributed by atoms with van der Waals surface area (Å²) in [6.45, 7) is 4.98. The van der Waals surface area contributed by atoms with Gasteiger partial charge in [0.1, 0.15) is 0 Å². The Morgan fingerprint density at radius 1 is 1.33 bits per heavy atom. The van der Waals surface area contributed by atoms with Gasteiger partial charge in [-0.05, 0) is 31.5 Å². The molecule has 12 heteroatoms. The normalized spacial score (nSPS) is 18.5. The van der Waals surface area contributed by atoms with Crippen molar-refractivity contribution in [3.63, 3.8) is 0 Å². The Hall–Kier alpha value is -0.960. The summed E-state index contributed by atoms with van der Waals surface area (Å²) in [7, 11) is -3.61. The summed E-state index contributed by atoms with van der Waals surface area (Å²) in [6.07, 6.45) is 0. The largest absolute Gasteiger partial charge is 0.383 e. The second kappa shape index (κ2) is 11.1. The molecule has 0 spiro atoms. The molecule has 1 saturated heterocycles. The zero-order valence-corrected chi connectivity index (χ0v) is 21.7. The standard InChI is InChI=1S/C18H30N4O5S2.HI/c1-18(2)14-22(9-11-28(18,23)24)17(19-3)20-13-15-6-5-7-16(12-15)29(25,26)21-8-10-27-4;/h5-7,12,21H,8-11,13-14H2,1-4H3,(H,19,20);1H. The number of nitrogens with zero attached hydrogens (tertiary/aromatic N) is 2. The molecule has 30 heavy (non-hydrogen) atoms. The van der Waals surface area contributed by atoms with Crippen LogP contribution in [0.25, 0.3) is 0 Å². The second-order valence-corrected chi connectivity index (χ2v) is 11.9. The van der Waals surface area contributed by atoms with Crippen molar-refractivity contribution in [3.05, 3.63) is 29.8 Å². The summed E-state index contributed by atoms with van der Waals surface area (Å²) in [5.41, 5.74) is 0.768. The van der Waals surface area contributed by atoms with E-state index in [1.165, 1.54) is 13.2 Å². The Labute approximate surface area is 196 Å². The minimum atomic E-state index is -3.61. The van der Waals surface area contributed by atoms with Gasteiger partial charge in [-0.25, -0.2) is 21.6 Å². The average Bonchev–Trinajstić information content (AvgIpc) is 2.65. The second-order valence-electron chi connectivity index (χ2n) is 7.44. The third kappa shape index (κ3) is 6.77. The van der Waals surface area contributed by atoms with Gasteiger partial charge >= 0.3 is 0 Å². The van der Waals surface area contributed by atoms with Gasteiger partial charge in [0.25, 0.3) is 0 Å². The van der Waals surface area contributed by atoms with Crippen LogP contribution in [0.1, 0.15) is 19.4 Å². The van der Waals surface area contributed by atoms with Gasteiger partial charge in [0.2, 0.25) is 10.0 Å². The zero-order chi connectivity index (χ0) is 21.7. The number of nitrogens with one attached hydrogen (secondary N) is 2. The van der Waals surface area contributed by atoms with E-state index in [1.54, 1.807) is 33.0 Å². The Kier molecular flexibility index (Phi) is 9.99. The first-order valence-corrected chi connectivity index (χ1v) is 12.4. The highest BCUT2D eigenvalue weighted by Gasteiger charge is 2.40. The van der Waals surface area contributed by atoms with E-state index in [0.717, 1.165) is 5.56 Å². The molecule has 1 fully saturated rings. The van der Waals surface area contributed by atoms with Crippen molar-refractivity contribution in [3.8, 4) is 0 Å². The molecule has 2 rings (SSSR count). The lowest BCUT2D eigenvalue weighted by Gasteiger charge is -2.39. The van der Waals surface area contributed by atoms with E-state index in [4.69, 9.17) is 4.74 Å². The van der Waals surface area contributed by atoms with Gasteiger partial charge in [0.15, 0.2) is 15.8 Å². The van der Waals surface area contributed by atoms with Crippen molar-refractivity contribution in [2.24, 2.45) is 4.99 Å². The maximum absolute atomic E-state index is 12.4. The third-order valence-electron chi connectivity index (χ3n) is 4.81. The lowest BCUT2D eigenvalue weighted by Crippen LogP contribution is -2.57. The molecule has 0 saturated carbocycles. The first kappa shape index (κ1) is 27.1. The van der Waals surface area contributed by atoms with Crippen LogP contribution in [-0.2, 0) is 31.1 Å². The quantitative estimate of drug-likeness (QED) is 0.214. The number of hydrogen-bond acceptors (Lipinski definition) is 6. The molecule has 1 aromatic carbocycles. The van der Waals surface area contributed by atoms with E-state index in [1.807, 2.05) is 11.0 Å². The Bertz CT molecular complexity index is 949. The molecule has 9 nitrogen and oxygen atoms in total. The van der Waals surface area contributed by atoms with E-state index >= 15 is 0 Å². The zero-order valence-electron chi connectivity index (χ0n) is 17.7. The van der Waals surface area contributed by atoms with E-state index < -0.39 is 24.6 Å². The molecule has 172 valence electrons. The molecular weight excluding hydrogens is 543 g/mol. The maximum Gasteiger partial charge on any atom is 0.240 e. The number of rotatable bonds is 7. The van der Waals surface area contributed by atoms with Crippen LogP contribution in [-0.4, -0.2) is 78.6 Å². The van der Waals surface area contributed by atoms with Crippen LogP contribution < -0.4 is 10.0 Å². The summed E-state index contributed by atoms with van der Waals surface area (Å²) in [5.74, 6) is 0.654. The lowest BCUT2D eigenvalue weighted by atomic mass is 10.2. The van der Waals surface area contributed by atoms with Crippen molar-refractivity contribution in [2.45, 2.75) is 30.0 Å². The molecule has 0 unspecified atom stereocenters. The molecule has 1 heterocycles. The average molecular weight is 575 g/mol. The number of aliphatic imine (C=N–C) groups is 1. The SMILES string of the molecule is CN=C(NCc1cccc(S(=O)(=O)NCCOC)c1)N1CCS(=O)(=O)C(C)(C)C1.I. The number of halogens is 1. The number of ether oxygens (including phenoxy) is 1. The Morgan fingerprint density at radius 3 is 2.63 bits per heavy atom. The summed E-state index contributed by atoms with van der Waals surface area (Å²) >= 11 is 0. The first-order valence-electron chi connectivity index (χ1n) is 9.28. The van der Waals surface area contributed by atoms with Crippen LogP contribution >= 0.6 is 24.0 Å². The molecule has 1 aliphatic heterocycles. The van der Waals surface area contributed by atoms with Gasteiger partial charge in [-0.15, -0.1) is 24.0 Å². The first-order chi connectivity index (χ1) is 13.5. The molecule has 1 aliphatic rings. The van der Waals surface area contributed by atoms with Gasteiger partial charge in [-0.3, -0.25) is 4.99 Å². The van der Waals surface area contributed by atoms with Gasteiger partial charge in [-0.1, -0.05) is 12.1 Å². The summed E-state index contributed by atoms with van der Waals surface area (Å²) in [6, 6.07) is 6.63. The Morgan fingerprint density at radius 2 is 2.03 bits per heavy atom. The number of benzene rings is 1. The fourth-order valence-electron chi connectivity index (χ4n) is 3.02. The number of methoxy groups -OCH3 is 1. The van der Waals surface area contributed by atoms with Crippen molar-refractivity contribution in [1.29, 1.82) is 0 Å². The van der Waals surface area contributed by atoms with Crippen LogP contribution in [0.3, 0.4) is 0 Å². The maximum atomic E-state index is 12.4.